The van der Waals surface area contributed by atoms with E-state index in [1.165, 1.54) is 4.90 Å². The maximum Gasteiger partial charge on any atom is 0.416 e. The monoisotopic (exact) mass is 364 g/mol. The van der Waals surface area contributed by atoms with Gasteiger partial charge in [0.2, 0.25) is 0 Å². The van der Waals surface area contributed by atoms with E-state index in [0.717, 1.165) is 0 Å². The lowest BCUT2D eigenvalue weighted by Gasteiger charge is -2.35. The van der Waals surface area contributed by atoms with Gasteiger partial charge in [0.15, 0.2) is 0 Å². The SMILES string of the molecule is CCOC(=O)C1=C(C)N=C(C)N(C(=O)OCC)C1c1ccccc1Cl. The second-order valence-corrected chi connectivity index (χ2v) is 5.78. The van der Waals surface area contributed by atoms with Gasteiger partial charge < -0.3 is 9.47 Å². The Hall–Kier alpha value is -2.34. The van der Waals surface area contributed by atoms with Crippen LogP contribution in [-0.4, -0.2) is 36.0 Å². The molecule has 1 amide bonds. The fourth-order valence-corrected chi connectivity index (χ4v) is 3.00. The summed E-state index contributed by atoms with van der Waals surface area (Å²) in [6.45, 7) is 7.25. The lowest BCUT2D eigenvalue weighted by Crippen LogP contribution is -2.43. The number of aliphatic imine (C=N–C) groups is 1. The molecule has 134 valence electrons. The Labute approximate surface area is 152 Å². The highest BCUT2D eigenvalue weighted by Gasteiger charge is 2.40. The van der Waals surface area contributed by atoms with Gasteiger partial charge >= 0.3 is 12.1 Å². The number of benzene rings is 1. The summed E-state index contributed by atoms with van der Waals surface area (Å²) in [5.41, 5.74) is 1.36. The summed E-state index contributed by atoms with van der Waals surface area (Å²) in [5.74, 6) is -0.107. The molecule has 6 nitrogen and oxygen atoms in total. The maximum absolute atomic E-state index is 12.6. The summed E-state index contributed by atoms with van der Waals surface area (Å²) in [6, 6.07) is 6.29. The summed E-state index contributed by atoms with van der Waals surface area (Å²) in [6.07, 6.45) is -0.594. The molecule has 1 unspecified atom stereocenters. The Balaban J connectivity index is 2.65. The van der Waals surface area contributed by atoms with Crippen LogP contribution < -0.4 is 0 Å². The van der Waals surface area contributed by atoms with Gasteiger partial charge in [0.25, 0.3) is 0 Å². The van der Waals surface area contributed by atoms with E-state index in [1.54, 1.807) is 52.0 Å². The predicted octanol–water partition coefficient (Wildman–Crippen LogP) is 4.11. The molecule has 1 aliphatic rings. The number of rotatable bonds is 4. The van der Waals surface area contributed by atoms with Crippen LogP contribution in [0.4, 0.5) is 4.79 Å². The molecule has 1 heterocycles. The first kappa shape index (κ1) is 19.0. The summed E-state index contributed by atoms with van der Waals surface area (Å²) in [7, 11) is 0. The van der Waals surface area contributed by atoms with Crippen LogP contribution in [0, 0.1) is 0 Å². The van der Waals surface area contributed by atoms with Crippen LogP contribution in [0.3, 0.4) is 0 Å². The van der Waals surface area contributed by atoms with Crippen molar-refractivity contribution in [1.82, 2.24) is 4.90 Å². The van der Waals surface area contributed by atoms with Crippen molar-refractivity contribution in [2.24, 2.45) is 4.99 Å². The number of hydrogen-bond acceptors (Lipinski definition) is 5. The second-order valence-electron chi connectivity index (χ2n) is 5.37. The van der Waals surface area contributed by atoms with Crippen molar-refractivity contribution in [2.45, 2.75) is 33.7 Å². The van der Waals surface area contributed by atoms with E-state index >= 15 is 0 Å². The fourth-order valence-electron chi connectivity index (χ4n) is 2.76. The first-order valence-electron chi connectivity index (χ1n) is 8.05. The van der Waals surface area contributed by atoms with Gasteiger partial charge in [0.05, 0.1) is 24.5 Å². The molecule has 1 aromatic rings. The van der Waals surface area contributed by atoms with Crippen molar-refractivity contribution in [3.8, 4) is 0 Å². The molecule has 0 radical (unpaired) electrons. The number of esters is 1. The molecule has 1 aromatic carbocycles. The molecule has 0 fully saturated rings. The predicted molar refractivity (Wildman–Crippen MR) is 95.5 cm³/mol. The molecule has 1 aliphatic heterocycles. The van der Waals surface area contributed by atoms with E-state index in [2.05, 4.69) is 4.99 Å². The zero-order valence-corrected chi connectivity index (χ0v) is 15.5. The largest absolute Gasteiger partial charge is 0.463 e. The van der Waals surface area contributed by atoms with E-state index in [4.69, 9.17) is 21.1 Å². The van der Waals surface area contributed by atoms with Crippen LogP contribution in [-0.2, 0) is 14.3 Å². The average Bonchev–Trinajstić information content (AvgIpc) is 2.54. The molecule has 0 saturated carbocycles. The Morgan fingerprint density at radius 3 is 2.40 bits per heavy atom. The third-order valence-electron chi connectivity index (χ3n) is 3.76. The fraction of sp³-hybridized carbons (Fsp3) is 0.389. The topological polar surface area (TPSA) is 68.2 Å². The number of carbonyl (C=O) groups excluding carboxylic acids is 2. The molecule has 1 atom stereocenters. The molecule has 7 heteroatoms. The highest BCUT2D eigenvalue weighted by Crippen LogP contribution is 2.39. The summed E-state index contributed by atoms with van der Waals surface area (Å²) < 4.78 is 10.3. The Morgan fingerprint density at radius 1 is 1.16 bits per heavy atom. The maximum atomic E-state index is 12.6. The average molecular weight is 365 g/mol. The van der Waals surface area contributed by atoms with E-state index in [9.17, 15) is 9.59 Å². The molecule has 0 aromatic heterocycles. The highest BCUT2D eigenvalue weighted by atomic mass is 35.5. The summed E-state index contributed by atoms with van der Waals surface area (Å²) in [5, 5.41) is 0.436. The molecular weight excluding hydrogens is 344 g/mol. The number of amides is 1. The molecule has 0 N–H and O–H groups in total. The minimum atomic E-state index is -0.760. The molecule has 0 spiro atoms. The minimum absolute atomic E-state index is 0.204. The van der Waals surface area contributed by atoms with Crippen molar-refractivity contribution in [3.63, 3.8) is 0 Å². The van der Waals surface area contributed by atoms with Gasteiger partial charge in [0, 0.05) is 5.02 Å². The van der Waals surface area contributed by atoms with Gasteiger partial charge in [-0.25, -0.2) is 14.6 Å². The number of halogens is 1. The number of carbonyl (C=O) groups is 2. The van der Waals surface area contributed by atoms with Gasteiger partial charge in [-0.2, -0.15) is 0 Å². The number of hydrogen-bond donors (Lipinski definition) is 0. The third kappa shape index (κ3) is 3.85. The standard InChI is InChI=1S/C18H21ClN2O4/c1-5-24-17(22)15-11(3)20-12(4)21(18(23)25-6-2)16(15)13-9-7-8-10-14(13)19/h7-10,16H,5-6H2,1-4H3. The Bertz CT molecular complexity index is 742. The number of allylic oxidation sites excluding steroid dienone is 1. The van der Waals surface area contributed by atoms with Crippen LogP contribution in [0.15, 0.2) is 40.5 Å². The van der Waals surface area contributed by atoms with Crippen LogP contribution >= 0.6 is 11.6 Å². The van der Waals surface area contributed by atoms with Gasteiger partial charge in [-0.1, -0.05) is 29.8 Å². The summed E-state index contributed by atoms with van der Waals surface area (Å²) >= 11 is 6.35. The van der Waals surface area contributed by atoms with Gasteiger partial charge in [0.1, 0.15) is 11.9 Å². The quantitative estimate of drug-likeness (QED) is 0.754. The third-order valence-corrected chi connectivity index (χ3v) is 4.10. The van der Waals surface area contributed by atoms with Crippen molar-refractivity contribution >= 4 is 29.5 Å². The molecular formula is C18H21ClN2O4. The second kappa shape index (κ2) is 8.16. The summed E-state index contributed by atoms with van der Waals surface area (Å²) in [4.78, 5) is 30.8. The number of ether oxygens (including phenoxy) is 2. The Morgan fingerprint density at radius 2 is 1.80 bits per heavy atom. The molecule has 0 bridgehead atoms. The van der Waals surface area contributed by atoms with Crippen molar-refractivity contribution in [1.29, 1.82) is 0 Å². The van der Waals surface area contributed by atoms with E-state index in [0.29, 0.717) is 22.1 Å². The normalized spacial score (nSPS) is 17.2. The van der Waals surface area contributed by atoms with Gasteiger partial charge in [-0.3, -0.25) is 4.90 Å². The zero-order valence-electron chi connectivity index (χ0n) is 14.7. The molecule has 0 aliphatic carbocycles. The van der Waals surface area contributed by atoms with E-state index < -0.39 is 18.1 Å². The lowest BCUT2D eigenvalue weighted by atomic mass is 9.94. The minimum Gasteiger partial charge on any atom is -0.463 e. The first-order valence-corrected chi connectivity index (χ1v) is 8.43. The molecule has 0 saturated heterocycles. The van der Waals surface area contributed by atoms with Crippen molar-refractivity contribution in [3.05, 3.63) is 46.1 Å². The highest BCUT2D eigenvalue weighted by molar-refractivity contribution is 6.31. The number of nitrogens with zero attached hydrogens (tertiary/aromatic N) is 2. The Kier molecular flexibility index (Phi) is 6.20. The van der Waals surface area contributed by atoms with Gasteiger partial charge in [-0.05, 0) is 39.3 Å². The van der Waals surface area contributed by atoms with E-state index in [-0.39, 0.29) is 18.8 Å². The van der Waals surface area contributed by atoms with Crippen molar-refractivity contribution < 1.29 is 19.1 Å². The van der Waals surface area contributed by atoms with E-state index in [1.807, 2.05) is 0 Å². The molecule has 25 heavy (non-hydrogen) atoms. The lowest BCUT2D eigenvalue weighted by molar-refractivity contribution is -0.139. The van der Waals surface area contributed by atoms with Crippen LogP contribution in [0.5, 0.6) is 0 Å². The van der Waals surface area contributed by atoms with Crippen LogP contribution in [0.1, 0.15) is 39.3 Å². The molecule has 2 rings (SSSR count). The smallest absolute Gasteiger partial charge is 0.416 e. The number of amidine groups is 1. The van der Waals surface area contributed by atoms with Crippen molar-refractivity contribution in [2.75, 3.05) is 13.2 Å². The zero-order chi connectivity index (χ0) is 18.6. The van der Waals surface area contributed by atoms with Crippen LogP contribution in [0.2, 0.25) is 5.02 Å². The van der Waals surface area contributed by atoms with Crippen LogP contribution in [0.25, 0.3) is 0 Å². The first-order chi connectivity index (χ1) is 11.9. The van der Waals surface area contributed by atoms with Gasteiger partial charge in [-0.15, -0.1) is 0 Å².